The first-order valence-corrected chi connectivity index (χ1v) is 7.75. The van der Waals surface area contributed by atoms with Gasteiger partial charge in [0.25, 0.3) is 0 Å². The van der Waals surface area contributed by atoms with Crippen molar-refractivity contribution in [2.24, 2.45) is 0 Å². The van der Waals surface area contributed by atoms with E-state index in [2.05, 4.69) is 37.9 Å². The van der Waals surface area contributed by atoms with Crippen LogP contribution in [0.5, 0.6) is 0 Å². The predicted octanol–water partition coefficient (Wildman–Crippen LogP) is 2.71. The molecule has 0 radical (unpaired) electrons. The zero-order valence-electron chi connectivity index (χ0n) is 12.0. The number of nitrogens with zero attached hydrogens (tertiary/aromatic N) is 1. The summed E-state index contributed by atoms with van der Waals surface area (Å²) in [5.74, 6) is 2.51. The van der Waals surface area contributed by atoms with Crippen LogP contribution in [0.4, 0.5) is 0 Å². The highest BCUT2D eigenvalue weighted by Gasteiger charge is 2.16. The van der Waals surface area contributed by atoms with Crippen LogP contribution in [0.1, 0.15) is 47.5 Å². The molecule has 0 aliphatic carbocycles. The van der Waals surface area contributed by atoms with Crippen molar-refractivity contribution in [3.63, 3.8) is 0 Å². The maximum atomic E-state index is 11.1. The van der Waals surface area contributed by atoms with E-state index in [-0.39, 0.29) is 12.1 Å². The molecule has 1 N–H and O–H groups in total. The molecule has 4 heteroatoms. The molecular formula is C13H28N2OS. The fraction of sp³-hybridized carbons (Fsp3) is 0.923. The topological polar surface area (TPSA) is 32.3 Å². The van der Waals surface area contributed by atoms with E-state index in [9.17, 15) is 4.79 Å². The minimum atomic E-state index is 0.0449. The molecule has 1 amide bonds. The Hall–Kier alpha value is -0.220. The molecule has 0 aliphatic heterocycles. The molecule has 0 saturated heterocycles. The average Bonchev–Trinajstić information content (AvgIpc) is 2.21. The maximum Gasteiger partial charge on any atom is 0.218 e. The third-order valence-corrected chi connectivity index (χ3v) is 3.90. The van der Waals surface area contributed by atoms with E-state index in [0.29, 0.717) is 6.04 Å². The van der Waals surface area contributed by atoms with Gasteiger partial charge in [0.1, 0.15) is 0 Å². The van der Waals surface area contributed by atoms with Gasteiger partial charge in [0.15, 0.2) is 0 Å². The van der Waals surface area contributed by atoms with Gasteiger partial charge in [0.05, 0.1) is 6.17 Å². The molecule has 3 nitrogen and oxygen atoms in total. The normalized spacial score (nSPS) is 13.1. The second kappa shape index (κ2) is 9.77. The molecule has 0 aromatic heterocycles. The number of thioether (sulfide) groups is 1. The average molecular weight is 260 g/mol. The molecule has 0 aromatic carbocycles. The molecule has 1 unspecified atom stereocenters. The molecular weight excluding hydrogens is 232 g/mol. The van der Waals surface area contributed by atoms with Crippen LogP contribution >= 0.6 is 11.8 Å². The minimum Gasteiger partial charge on any atom is -0.341 e. The molecule has 0 fully saturated rings. The summed E-state index contributed by atoms with van der Waals surface area (Å²) in [7, 11) is 0. The number of carbonyl (C=O) groups is 1. The largest absolute Gasteiger partial charge is 0.341 e. The molecule has 102 valence electrons. The molecule has 0 bridgehead atoms. The van der Waals surface area contributed by atoms with Gasteiger partial charge < -0.3 is 5.32 Å². The van der Waals surface area contributed by atoms with Crippen molar-refractivity contribution in [2.75, 3.05) is 18.1 Å². The van der Waals surface area contributed by atoms with Gasteiger partial charge in [-0.05, 0) is 45.1 Å². The van der Waals surface area contributed by atoms with Gasteiger partial charge in [-0.3, -0.25) is 9.69 Å². The number of nitrogens with one attached hydrogen (secondary N) is 1. The van der Waals surface area contributed by atoms with Crippen molar-refractivity contribution < 1.29 is 4.79 Å². The first kappa shape index (κ1) is 16.8. The molecule has 0 heterocycles. The predicted molar refractivity (Wildman–Crippen MR) is 77.4 cm³/mol. The number of hydrogen-bond donors (Lipinski definition) is 1. The summed E-state index contributed by atoms with van der Waals surface area (Å²) in [6.45, 7) is 11.3. The fourth-order valence-electron chi connectivity index (χ4n) is 1.87. The lowest BCUT2D eigenvalue weighted by molar-refractivity contribution is -0.120. The van der Waals surface area contributed by atoms with Crippen molar-refractivity contribution in [2.45, 2.75) is 59.7 Å². The Morgan fingerprint density at radius 2 is 1.94 bits per heavy atom. The van der Waals surface area contributed by atoms with Crippen LogP contribution in [0.2, 0.25) is 0 Å². The fourth-order valence-corrected chi connectivity index (χ4v) is 2.70. The minimum absolute atomic E-state index is 0.0449. The van der Waals surface area contributed by atoms with E-state index in [1.807, 2.05) is 11.8 Å². The van der Waals surface area contributed by atoms with E-state index in [1.54, 1.807) is 6.92 Å². The van der Waals surface area contributed by atoms with Gasteiger partial charge in [0.2, 0.25) is 5.91 Å². The van der Waals surface area contributed by atoms with Crippen LogP contribution in [0.15, 0.2) is 0 Å². The van der Waals surface area contributed by atoms with Gasteiger partial charge in [-0.15, -0.1) is 0 Å². The van der Waals surface area contributed by atoms with E-state index in [1.165, 1.54) is 24.3 Å². The molecule has 1 atom stereocenters. The van der Waals surface area contributed by atoms with Gasteiger partial charge >= 0.3 is 0 Å². The van der Waals surface area contributed by atoms with Gasteiger partial charge in [-0.2, -0.15) is 11.8 Å². The summed E-state index contributed by atoms with van der Waals surface area (Å²) in [5.41, 5.74) is 0. The standard InChI is InChI=1S/C13H28N2OS/c1-6-9-17-10-7-8-15(11(2)3)12(4)14-13(5)16/h11-12H,6-10H2,1-5H3,(H,14,16). The Kier molecular flexibility index (Phi) is 9.65. The summed E-state index contributed by atoms with van der Waals surface area (Å²) in [4.78, 5) is 13.4. The van der Waals surface area contributed by atoms with Crippen molar-refractivity contribution in [1.29, 1.82) is 0 Å². The second-order valence-electron chi connectivity index (χ2n) is 4.67. The first-order chi connectivity index (χ1) is 7.99. The Morgan fingerprint density at radius 1 is 1.29 bits per heavy atom. The lowest BCUT2D eigenvalue weighted by Crippen LogP contribution is -2.49. The third kappa shape index (κ3) is 8.50. The number of rotatable bonds is 9. The van der Waals surface area contributed by atoms with Crippen LogP contribution < -0.4 is 5.32 Å². The Balaban J connectivity index is 3.93. The van der Waals surface area contributed by atoms with Gasteiger partial charge in [-0.1, -0.05) is 6.92 Å². The third-order valence-electron chi connectivity index (χ3n) is 2.63. The summed E-state index contributed by atoms with van der Waals surface area (Å²) in [5, 5.41) is 2.96. The smallest absolute Gasteiger partial charge is 0.218 e. The SMILES string of the molecule is CCCSCCCN(C(C)C)C(C)NC(C)=O. The van der Waals surface area contributed by atoms with E-state index < -0.39 is 0 Å². The second-order valence-corrected chi connectivity index (χ2v) is 5.90. The number of amides is 1. The lowest BCUT2D eigenvalue weighted by Gasteiger charge is -2.32. The van der Waals surface area contributed by atoms with Crippen LogP contribution in [-0.4, -0.2) is 41.1 Å². The Morgan fingerprint density at radius 3 is 2.41 bits per heavy atom. The Bertz CT molecular complexity index is 210. The maximum absolute atomic E-state index is 11.1. The lowest BCUT2D eigenvalue weighted by atomic mass is 10.2. The van der Waals surface area contributed by atoms with Crippen LogP contribution in [-0.2, 0) is 4.79 Å². The molecule has 0 rings (SSSR count). The van der Waals surface area contributed by atoms with Crippen molar-refractivity contribution in [3.8, 4) is 0 Å². The highest BCUT2D eigenvalue weighted by atomic mass is 32.2. The Labute approximate surface area is 111 Å². The summed E-state index contributed by atoms with van der Waals surface area (Å²) in [6, 6.07) is 0.466. The van der Waals surface area contributed by atoms with Crippen molar-refractivity contribution in [3.05, 3.63) is 0 Å². The molecule has 0 aliphatic rings. The first-order valence-electron chi connectivity index (χ1n) is 6.59. The van der Waals surface area contributed by atoms with Crippen LogP contribution in [0, 0.1) is 0 Å². The molecule has 0 aromatic rings. The molecule has 17 heavy (non-hydrogen) atoms. The van der Waals surface area contributed by atoms with Crippen molar-refractivity contribution in [1.82, 2.24) is 10.2 Å². The van der Waals surface area contributed by atoms with E-state index in [0.717, 1.165) is 6.54 Å². The molecule has 0 spiro atoms. The van der Waals surface area contributed by atoms with E-state index >= 15 is 0 Å². The van der Waals surface area contributed by atoms with Gasteiger partial charge in [-0.25, -0.2) is 0 Å². The summed E-state index contributed by atoms with van der Waals surface area (Å²) >= 11 is 2.02. The molecule has 0 saturated carbocycles. The summed E-state index contributed by atoms with van der Waals surface area (Å²) < 4.78 is 0. The van der Waals surface area contributed by atoms with Crippen molar-refractivity contribution >= 4 is 17.7 Å². The monoisotopic (exact) mass is 260 g/mol. The van der Waals surface area contributed by atoms with Crippen LogP contribution in [0.25, 0.3) is 0 Å². The van der Waals surface area contributed by atoms with Crippen LogP contribution in [0.3, 0.4) is 0 Å². The van der Waals surface area contributed by atoms with E-state index in [4.69, 9.17) is 0 Å². The zero-order valence-corrected chi connectivity index (χ0v) is 12.8. The highest BCUT2D eigenvalue weighted by Crippen LogP contribution is 2.09. The zero-order chi connectivity index (χ0) is 13.3. The quantitative estimate of drug-likeness (QED) is 0.511. The van der Waals surface area contributed by atoms with Gasteiger partial charge in [0, 0.05) is 19.5 Å². The number of hydrogen-bond acceptors (Lipinski definition) is 3. The highest BCUT2D eigenvalue weighted by molar-refractivity contribution is 7.99. The summed E-state index contributed by atoms with van der Waals surface area (Å²) in [6.07, 6.45) is 2.57. The number of carbonyl (C=O) groups excluding carboxylic acids is 1.